The van der Waals surface area contributed by atoms with Crippen LogP contribution in [0.25, 0.3) is 0 Å². The zero-order chi connectivity index (χ0) is 14.5. The molecule has 0 fully saturated rings. The van der Waals surface area contributed by atoms with Crippen LogP contribution >= 0.6 is 0 Å². The van der Waals surface area contributed by atoms with E-state index in [-0.39, 0.29) is 12.2 Å². The molecule has 0 aliphatic rings. The average molecular weight is 278 g/mol. The number of rotatable bonds is 6. The van der Waals surface area contributed by atoms with E-state index in [1.807, 2.05) is 6.92 Å². The molecule has 1 aromatic heterocycles. The molecule has 0 aliphatic carbocycles. The summed E-state index contributed by atoms with van der Waals surface area (Å²) in [4.78, 5) is 15.0. The zero-order valence-corrected chi connectivity index (χ0v) is 11.1. The van der Waals surface area contributed by atoms with Crippen molar-refractivity contribution in [2.24, 2.45) is 0 Å². The first kappa shape index (κ1) is 13.9. The molecule has 1 aromatic carbocycles. The number of carbonyl (C=O) groups is 1. The van der Waals surface area contributed by atoms with Gasteiger partial charge in [-0.25, -0.2) is 4.79 Å². The topological polar surface area (TPSA) is 94.7 Å². The monoisotopic (exact) mass is 278 g/mol. The van der Waals surface area contributed by atoms with Crippen LogP contribution in [0.3, 0.4) is 0 Å². The molecule has 20 heavy (non-hydrogen) atoms. The van der Waals surface area contributed by atoms with Gasteiger partial charge in [-0.15, -0.1) is 0 Å². The van der Waals surface area contributed by atoms with Gasteiger partial charge >= 0.3 is 5.97 Å². The summed E-state index contributed by atoms with van der Waals surface area (Å²) in [6.45, 7) is 2.03. The fraction of sp³-hybridized carbons (Fsp3) is 0.308. The van der Waals surface area contributed by atoms with Gasteiger partial charge in [0.15, 0.2) is 18.1 Å². The van der Waals surface area contributed by atoms with Crippen LogP contribution in [0.5, 0.6) is 11.5 Å². The van der Waals surface area contributed by atoms with E-state index in [9.17, 15) is 4.79 Å². The summed E-state index contributed by atoms with van der Waals surface area (Å²) >= 11 is 0. The fourth-order valence-corrected chi connectivity index (χ4v) is 1.55. The van der Waals surface area contributed by atoms with Crippen LogP contribution in [0, 0.1) is 0 Å². The Bertz CT molecular complexity index is 609. The van der Waals surface area contributed by atoms with E-state index in [4.69, 9.17) is 19.1 Å². The van der Waals surface area contributed by atoms with E-state index in [0.717, 1.165) is 0 Å². The van der Waals surface area contributed by atoms with E-state index >= 15 is 0 Å². The lowest BCUT2D eigenvalue weighted by atomic mass is 10.2. The highest BCUT2D eigenvalue weighted by Gasteiger charge is 2.11. The number of aryl methyl sites for hydroxylation is 1. The average Bonchev–Trinajstić information content (AvgIpc) is 2.92. The standard InChI is InChI=1S/C13H14N2O5/c1-3-12-14-11(15-20-12)7-19-9-5-4-8(13(16)17)6-10(9)18-2/h4-6H,3,7H2,1-2H3,(H,16,17). The lowest BCUT2D eigenvalue weighted by Crippen LogP contribution is -2.02. The molecule has 0 spiro atoms. The van der Waals surface area contributed by atoms with Gasteiger partial charge in [0.1, 0.15) is 0 Å². The van der Waals surface area contributed by atoms with Crippen molar-refractivity contribution in [2.75, 3.05) is 7.11 Å². The maximum atomic E-state index is 10.9. The minimum atomic E-state index is -1.03. The molecule has 2 aromatic rings. The van der Waals surface area contributed by atoms with Gasteiger partial charge in [-0.2, -0.15) is 4.98 Å². The summed E-state index contributed by atoms with van der Waals surface area (Å²) in [5.41, 5.74) is 0.127. The van der Waals surface area contributed by atoms with Crippen molar-refractivity contribution < 1.29 is 23.9 Å². The van der Waals surface area contributed by atoms with Crippen LogP contribution in [0.15, 0.2) is 22.7 Å². The number of nitrogens with zero attached hydrogens (tertiary/aromatic N) is 2. The Kier molecular flexibility index (Phi) is 4.19. The quantitative estimate of drug-likeness (QED) is 0.862. The Morgan fingerprint density at radius 3 is 2.80 bits per heavy atom. The summed E-state index contributed by atoms with van der Waals surface area (Å²) in [6.07, 6.45) is 0.656. The molecular formula is C13H14N2O5. The molecule has 1 heterocycles. The number of hydrogen-bond acceptors (Lipinski definition) is 6. The first-order chi connectivity index (χ1) is 9.63. The summed E-state index contributed by atoms with van der Waals surface area (Å²) < 4.78 is 15.6. The molecule has 0 amide bonds. The lowest BCUT2D eigenvalue weighted by Gasteiger charge is -2.09. The van der Waals surface area contributed by atoms with Gasteiger partial charge < -0.3 is 19.1 Å². The number of carboxylic acids is 1. The number of ether oxygens (including phenoxy) is 2. The van der Waals surface area contributed by atoms with Crippen LogP contribution in [0.4, 0.5) is 0 Å². The van der Waals surface area contributed by atoms with E-state index < -0.39 is 5.97 Å². The number of aromatic carboxylic acids is 1. The van der Waals surface area contributed by atoms with Crippen molar-refractivity contribution in [3.8, 4) is 11.5 Å². The number of methoxy groups -OCH3 is 1. The second-order valence-corrected chi connectivity index (χ2v) is 3.92. The molecule has 0 saturated heterocycles. The van der Waals surface area contributed by atoms with Crippen LogP contribution in [0.2, 0.25) is 0 Å². The van der Waals surface area contributed by atoms with Crippen LogP contribution < -0.4 is 9.47 Å². The summed E-state index contributed by atoms with van der Waals surface area (Å²) in [6, 6.07) is 4.36. The summed E-state index contributed by atoms with van der Waals surface area (Å²) in [5, 5.41) is 12.7. The highest BCUT2D eigenvalue weighted by Crippen LogP contribution is 2.28. The van der Waals surface area contributed by atoms with E-state index in [1.165, 1.54) is 25.3 Å². The maximum absolute atomic E-state index is 10.9. The third-order valence-electron chi connectivity index (χ3n) is 2.58. The van der Waals surface area contributed by atoms with Crippen molar-refractivity contribution in [1.29, 1.82) is 0 Å². The van der Waals surface area contributed by atoms with Gasteiger partial charge in [-0.3, -0.25) is 0 Å². The Hall–Kier alpha value is -2.57. The normalized spacial score (nSPS) is 10.3. The first-order valence-electron chi connectivity index (χ1n) is 5.99. The molecule has 0 unspecified atom stereocenters. The largest absolute Gasteiger partial charge is 0.493 e. The van der Waals surface area contributed by atoms with Gasteiger partial charge in [-0.05, 0) is 18.2 Å². The van der Waals surface area contributed by atoms with Crippen LogP contribution in [-0.4, -0.2) is 28.3 Å². The molecular weight excluding hydrogens is 264 g/mol. The molecule has 2 rings (SSSR count). The number of benzene rings is 1. The van der Waals surface area contributed by atoms with Crippen molar-refractivity contribution in [3.05, 3.63) is 35.5 Å². The maximum Gasteiger partial charge on any atom is 0.335 e. The van der Waals surface area contributed by atoms with E-state index in [2.05, 4.69) is 10.1 Å². The van der Waals surface area contributed by atoms with Gasteiger partial charge in [0.25, 0.3) is 0 Å². The highest BCUT2D eigenvalue weighted by molar-refractivity contribution is 5.88. The minimum Gasteiger partial charge on any atom is -0.493 e. The number of carboxylic acid groups (broad SMARTS) is 1. The molecule has 0 saturated carbocycles. The van der Waals surface area contributed by atoms with Crippen LogP contribution in [0.1, 0.15) is 29.0 Å². The second kappa shape index (κ2) is 6.05. The Labute approximate surface area is 115 Å². The number of hydrogen-bond donors (Lipinski definition) is 1. The van der Waals surface area contributed by atoms with E-state index in [0.29, 0.717) is 29.6 Å². The first-order valence-corrected chi connectivity index (χ1v) is 5.99. The molecule has 0 atom stereocenters. The lowest BCUT2D eigenvalue weighted by molar-refractivity contribution is 0.0696. The Morgan fingerprint density at radius 1 is 1.40 bits per heavy atom. The molecule has 0 aliphatic heterocycles. The van der Waals surface area contributed by atoms with Gasteiger partial charge in [-0.1, -0.05) is 12.1 Å². The van der Waals surface area contributed by atoms with Crippen molar-refractivity contribution >= 4 is 5.97 Å². The SMILES string of the molecule is CCc1nc(COc2ccc(C(=O)O)cc2OC)no1. The van der Waals surface area contributed by atoms with Crippen LogP contribution in [-0.2, 0) is 13.0 Å². The smallest absolute Gasteiger partial charge is 0.335 e. The highest BCUT2D eigenvalue weighted by atomic mass is 16.5. The summed E-state index contributed by atoms with van der Waals surface area (Å²) in [5.74, 6) is 0.688. The zero-order valence-electron chi connectivity index (χ0n) is 11.1. The Morgan fingerprint density at radius 2 is 2.20 bits per heavy atom. The van der Waals surface area contributed by atoms with Gasteiger partial charge in [0.2, 0.25) is 11.7 Å². The molecule has 7 heteroatoms. The van der Waals surface area contributed by atoms with Gasteiger partial charge in [0, 0.05) is 6.42 Å². The fourth-order valence-electron chi connectivity index (χ4n) is 1.55. The molecule has 0 bridgehead atoms. The summed E-state index contributed by atoms with van der Waals surface area (Å²) in [7, 11) is 1.44. The third-order valence-corrected chi connectivity index (χ3v) is 2.58. The van der Waals surface area contributed by atoms with E-state index in [1.54, 1.807) is 0 Å². The molecule has 1 N–H and O–H groups in total. The van der Waals surface area contributed by atoms with Crippen molar-refractivity contribution in [3.63, 3.8) is 0 Å². The predicted molar refractivity (Wildman–Crippen MR) is 68.0 cm³/mol. The van der Waals surface area contributed by atoms with Crippen molar-refractivity contribution in [1.82, 2.24) is 10.1 Å². The molecule has 0 radical (unpaired) electrons. The molecule has 106 valence electrons. The predicted octanol–water partition coefficient (Wildman–Crippen LogP) is 1.92. The third kappa shape index (κ3) is 3.05. The van der Waals surface area contributed by atoms with Gasteiger partial charge in [0.05, 0.1) is 12.7 Å². The Balaban J connectivity index is 2.10. The molecule has 7 nitrogen and oxygen atoms in total. The van der Waals surface area contributed by atoms with Crippen molar-refractivity contribution in [2.45, 2.75) is 20.0 Å². The minimum absolute atomic E-state index is 0.117. The second-order valence-electron chi connectivity index (χ2n) is 3.92. The number of aromatic nitrogens is 2.